The predicted molar refractivity (Wildman–Crippen MR) is 131 cm³/mol. The van der Waals surface area contributed by atoms with Crippen molar-refractivity contribution in [1.82, 2.24) is 30.0 Å². The van der Waals surface area contributed by atoms with Crippen molar-refractivity contribution < 1.29 is 9.53 Å². The summed E-state index contributed by atoms with van der Waals surface area (Å²) in [6.07, 6.45) is 3.63. The second-order valence-electron chi connectivity index (χ2n) is 8.41. The van der Waals surface area contributed by atoms with Crippen LogP contribution in [0.4, 0.5) is 10.9 Å². The van der Waals surface area contributed by atoms with Crippen molar-refractivity contribution in [1.29, 1.82) is 0 Å². The smallest absolute Gasteiger partial charge is 0.248 e. The van der Waals surface area contributed by atoms with E-state index in [4.69, 9.17) is 16.3 Å². The van der Waals surface area contributed by atoms with Crippen molar-refractivity contribution >= 4 is 50.7 Å². The number of morpholine rings is 1. The Balaban J connectivity index is 1.17. The van der Waals surface area contributed by atoms with Crippen molar-refractivity contribution in [3.63, 3.8) is 0 Å². The minimum absolute atomic E-state index is 0.0971. The van der Waals surface area contributed by atoms with Crippen molar-refractivity contribution in [2.24, 2.45) is 0 Å². The Morgan fingerprint density at radius 3 is 3.12 bits per heavy atom. The number of carbonyl (C=O) groups excluding carboxylic acids is 1. The van der Waals surface area contributed by atoms with E-state index in [-0.39, 0.29) is 18.6 Å². The fraction of sp³-hybridized carbons (Fsp3) is 0.304. The molecule has 0 aliphatic carbocycles. The van der Waals surface area contributed by atoms with Gasteiger partial charge in [0.1, 0.15) is 6.61 Å². The molecule has 2 N–H and O–H groups in total. The zero-order valence-electron chi connectivity index (χ0n) is 18.2. The molecule has 0 saturated carbocycles. The van der Waals surface area contributed by atoms with Crippen molar-refractivity contribution in [3.05, 3.63) is 52.6 Å². The monoisotopic (exact) mass is 495 g/mol. The highest BCUT2D eigenvalue weighted by atomic mass is 35.5. The number of benzene rings is 1. The first-order chi connectivity index (χ1) is 16.6. The average Bonchev–Trinajstić information content (AvgIpc) is 3.46. The molecule has 1 atom stereocenters. The van der Waals surface area contributed by atoms with Crippen LogP contribution in [-0.4, -0.2) is 74.8 Å². The molecule has 174 valence electrons. The van der Waals surface area contributed by atoms with Crippen LogP contribution in [0.15, 0.2) is 42.7 Å². The maximum Gasteiger partial charge on any atom is 0.248 e. The van der Waals surface area contributed by atoms with Gasteiger partial charge in [-0.2, -0.15) is 5.10 Å². The molecule has 3 aromatic heterocycles. The van der Waals surface area contributed by atoms with E-state index < -0.39 is 0 Å². The number of pyridine rings is 1. The molecule has 5 heterocycles. The number of hydrogen-bond donors (Lipinski definition) is 2. The summed E-state index contributed by atoms with van der Waals surface area (Å²) < 4.78 is 5.43. The Hall–Kier alpha value is -3.05. The largest absolute Gasteiger partial charge is 0.369 e. The molecule has 11 heteroatoms. The van der Waals surface area contributed by atoms with Crippen LogP contribution in [0.3, 0.4) is 0 Å². The number of aromatic nitrogens is 4. The summed E-state index contributed by atoms with van der Waals surface area (Å²) in [6, 6.07) is 9.76. The third-order valence-electron chi connectivity index (χ3n) is 6.18. The Morgan fingerprint density at radius 2 is 2.21 bits per heavy atom. The van der Waals surface area contributed by atoms with Crippen LogP contribution >= 0.6 is 22.9 Å². The number of nitrogens with one attached hydrogen (secondary N) is 2. The van der Waals surface area contributed by atoms with Crippen LogP contribution in [0.25, 0.3) is 22.2 Å². The van der Waals surface area contributed by atoms with Gasteiger partial charge in [-0.05, 0) is 24.3 Å². The van der Waals surface area contributed by atoms with Crippen LogP contribution in [0, 0.1) is 0 Å². The van der Waals surface area contributed by atoms with Gasteiger partial charge >= 0.3 is 0 Å². The molecule has 1 amide bonds. The van der Waals surface area contributed by atoms with Crippen LogP contribution < -0.4 is 5.32 Å². The molecule has 34 heavy (non-hydrogen) atoms. The number of H-pyrrole nitrogens is 1. The topological polar surface area (TPSA) is 99.3 Å². The van der Waals surface area contributed by atoms with Gasteiger partial charge in [0.25, 0.3) is 0 Å². The highest BCUT2D eigenvalue weighted by Crippen LogP contribution is 2.32. The highest BCUT2D eigenvalue weighted by molar-refractivity contribution is 7.15. The van der Waals surface area contributed by atoms with Gasteiger partial charge < -0.3 is 15.0 Å². The van der Waals surface area contributed by atoms with Gasteiger partial charge in [0, 0.05) is 54.4 Å². The first kappa shape index (κ1) is 21.5. The SMILES string of the molecule is O=C1COCC2CN(Cc3cnc(Nc4n[nH]c5ccc(-c6ncccc6Cl)cc45)s3)CCN12. The summed E-state index contributed by atoms with van der Waals surface area (Å²) in [4.78, 5) is 26.4. The number of ether oxygens (including phenoxy) is 1. The second kappa shape index (κ2) is 8.95. The Morgan fingerprint density at radius 1 is 1.26 bits per heavy atom. The lowest BCUT2D eigenvalue weighted by Crippen LogP contribution is -2.59. The van der Waals surface area contributed by atoms with Crippen molar-refractivity contribution in [2.45, 2.75) is 12.6 Å². The first-order valence-electron chi connectivity index (χ1n) is 11.0. The zero-order valence-corrected chi connectivity index (χ0v) is 19.8. The molecule has 6 rings (SSSR count). The van der Waals surface area contributed by atoms with E-state index in [1.165, 1.54) is 0 Å². The van der Waals surface area contributed by atoms with Crippen LogP contribution in [0.2, 0.25) is 5.02 Å². The normalized spacial score (nSPS) is 18.9. The Kier molecular flexibility index (Phi) is 5.66. The lowest BCUT2D eigenvalue weighted by Gasteiger charge is -2.43. The summed E-state index contributed by atoms with van der Waals surface area (Å²) in [7, 11) is 0. The van der Waals surface area contributed by atoms with Crippen LogP contribution in [-0.2, 0) is 16.1 Å². The molecule has 0 spiro atoms. The van der Waals surface area contributed by atoms with E-state index >= 15 is 0 Å². The molecule has 1 unspecified atom stereocenters. The van der Waals surface area contributed by atoms with Gasteiger partial charge in [-0.1, -0.05) is 17.7 Å². The standard InChI is InChI=1S/C23H22ClN7O2S/c24-18-2-1-5-25-21(18)14-3-4-19-17(8-14)22(29-28-19)27-23-26-9-16(34-23)11-30-6-7-31-15(10-30)12-33-13-20(31)32/h1-5,8-9,15H,6-7,10-13H2,(H2,26,27,28,29). The first-order valence-corrected chi connectivity index (χ1v) is 12.2. The molecular formula is C23H22ClN7O2S. The summed E-state index contributed by atoms with van der Waals surface area (Å²) in [5.41, 5.74) is 2.57. The number of anilines is 2. The molecule has 9 nitrogen and oxygen atoms in total. The quantitative estimate of drug-likeness (QED) is 0.437. The Labute approximate surface area is 204 Å². The number of thiazole rings is 1. The number of fused-ring (bicyclic) bond motifs is 2. The number of hydrogen-bond acceptors (Lipinski definition) is 8. The number of piperazine rings is 1. The molecule has 0 bridgehead atoms. The van der Waals surface area contributed by atoms with E-state index in [9.17, 15) is 4.79 Å². The van der Waals surface area contributed by atoms with E-state index in [0.29, 0.717) is 17.4 Å². The van der Waals surface area contributed by atoms with Gasteiger partial charge in [-0.15, -0.1) is 11.3 Å². The number of rotatable bonds is 5. The summed E-state index contributed by atoms with van der Waals surface area (Å²) in [5, 5.41) is 13.2. The van der Waals surface area contributed by atoms with Gasteiger partial charge in [0.05, 0.1) is 28.9 Å². The lowest BCUT2D eigenvalue weighted by molar-refractivity contribution is -0.152. The molecular weight excluding hydrogens is 474 g/mol. The van der Waals surface area contributed by atoms with Crippen molar-refractivity contribution in [2.75, 3.05) is 38.2 Å². The molecule has 2 saturated heterocycles. The lowest BCUT2D eigenvalue weighted by atomic mass is 10.1. The summed E-state index contributed by atoms with van der Waals surface area (Å²) in [6.45, 7) is 4.02. The molecule has 2 aliphatic heterocycles. The maximum absolute atomic E-state index is 12.0. The summed E-state index contributed by atoms with van der Waals surface area (Å²) >= 11 is 7.94. The van der Waals surface area contributed by atoms with Crippen LogP contribution in [0.5, 0.6) is 0 Å². The molecule has 1 aromatic carbocycles. The molecule has 2 fully saturated rings. The number of nitrogens with zero attached hydrogens (tertiary/aromatic N) is 5. The molecule has 0 radical (unpaired) electrons. The average molecular weight is 496 g/mol. The van der Waals surface area contributed by atoms with E-state index in [0.717, 1.165) is 58.3 Å². The van der Waals surface area contributed by atoms with Gasteiger partial charge in [-0.25, -0.2) is 4.98 Å². The number of halogens is 1. The molecule has 2 aliphatic rings. The van der Waals surface area contributed by atoms with E-state index in [1.807, 2.05) is 41.4 Å². The van der Waals surface area contributed by atoms with Gasteiger partial charge in [0.2, 0.25) is 5.91 Å². The third kappa shape index (κ3) is 4.14. The second-order valence-corrected chi connectivity index (χ2v) is 9.94. The Bertz CT molecular complexity index is 1360. The van der Waals surface area contributed by atoms with Gasteiger partial charge in [0.15, 0.2) is 10.9 Å². The zero-order chi connectivity index (χ0) is 23.1. The van der Waals surface area contributed by atoms with E-state index in [2.05, 4.69) is 30.4 Å². The minimum Gasteiger partial charge on any atom is -0.369 e. The maximum atomic E-state index is 12.0. The third-order valence-corrected chi connectivity index (χ3v) is 7.38. The fourth-order valence-electron chi connectivity index (χ4n) is 4.51. The van der Waals surface area contributed by atoms with Gasteiger partial charge in [-0.3, -0.25) is 19.8 Å². The van der Waals surface area contributed by atoms with E-state index in [1.54, 1.807) is 17.5 Å². The highest BCUT2D eigenvalue weighted by Gasteiger charge is 2.33. The number of aromatic amines is 1. The fourth-order valence-corrected chi connectivity index (χ4v) is 5.60. The number of amides is 1. The predicted octanol–water partition coefficient (Wildman–Crippen LogP) is 3.52. The van der Waals surface area contributed by atoms with Crippen LogP contribution in [0.1, 0.15) is 4.88 Å². The minimum atomic E-state index is 0.0971. The summed E-state index contributed by atoms with van der Waals surface area (Å²) in [5.74, 6) is 0.802. The molecule has 4 aromatic rings. The van der Waals surface area contributed by atoms with Crippen molar-refractivity contribution in [3.8, 4) is 11.3 Å². The number of carbonyl (C=O) groups is 1.